The van der Waals surface area contributed by atoms with Crippen molar-refractivity contribution < 1.29 is 4.79 Å². The van der Waals surface area contributed by atoms with Crippen LogP contribution in [-0.4, -0.2) is 5.78 Å². The van der Waals surface area contributed by atoms with Gasteiger partial charge in [0.1, 0.15) is 5.78 Å². The molecular formula is C17H32O. The molecule has 0 aromatic rings. The highest BCUT2D eigenvalue weighted by molar-refractivity contribution is 5.81. The first-order valence-corrected chi connectivity index (χ1v) is 8.01. The lowest BCUT2D eigenvalue weighted by atomic mass is 9.71. The Bertz CT molecular complexity index is 244. The number of Topliss-reactive ketones (excluding diaryl/α,β-unsaturated/α-hetero) is 1. The van der Waals surface area contributed by atoms with Crippen LogP contribution in [0.2, 0.25) is 0 Å². The van der Waals surface area contributed by atoms with Gasteiger partial charge in [0.15, 0.2) is 0 Å². The van der Waals surface area contributed by atoms with Gasteiger partial charge in [-0.3, -0.25) is 4.79 Å². The molecule has 0 N–H and O–H groups in total. The summed E-state index contributed by atoms with van der Waals surface area (Å²) >= 11 is 0. The molecule has 1 unspecified atom stereocenters. The molecule has 0 radical (unpaired) electrons. The number of hydrogen-bond acceptors (Lipinski definition) is 1. The second kappa shape index (κ2) is 7.31. The van der Waals surface area contributed by atoms with E-state index in [-0.39, 0.29) is 0 Å². The summed E-state index contributed by atoms with van der Waals surface area (Å²) in [7, 11) is 0. The summed E-state index contributed by atoms with van der Waals surface area (Å²) < 4.78 is 0. The Morgan fingerprint density at radius 1 is 1.22 bits per heavy atom. The van der Waals surface area contributed by atoms with Gasteiger partial charge in [0.25, 0.3) is 0 Å². The molecule has 0 amide bonds. The van der Waals surface area contributed by atoms with Crippen molar-refractivity contribution in [2.45, 2.75) is 85.5 Å². The molecule has 1 fully saturated rings. The summed E-state index contributed by atoms with van der Waals surface area (Å²) in [6.45, 7) is 9.14. The third-order valence-corrected chi connectivity index (χ3v) is 4.83. The number of carbonyl (C=O) groups is 1. The number of rotatable bonds is 7. The predicted octanol–water partition coefficient (Wildman–Crippen LogP) is 5.38. The van der Waals surface area contributed by atoms with Gasteiger partial charge in [-0.15, -0.1) is 0 Å². The molecule has 1 rings (SSSR count). The second-order valence-electron chi connectivity index (χ2n) is 7.03. The van der Waals surface area contributed by atoms with Gasteiger partial charge >= 0.3 is 0 Å². The summed E-state index contributed by atoms with van der Waals surface area (Å²) in [5.74, 6) is 1.59. The highest BCUT2D eigenvalue weighted by atomic mass is 16.1. The smallest absolute Gasteiger partial charge is 0.136 e. The second-order valence-corrected chi connectivity index (χ2v) is 7.03. The van der Waals surface area contributed by atoms with Crippen molar-refractivity contribution in [3.05, 3.63) is 0 Å². The minimum Gasteiger partial charge on any atom is -0.299 e. The highest BCUT2D eigenvalue weighted by Crippen LogP contribution is 2.39. The maximum atomic E-state index is 12.3. The Labute approximate surface area is 114 Å². The molecule has 0 aliphatic heterocycles. The molecule has 1 saturated carbocycles. The Morgan fingerprint density at radius 2 is 1.83 bits per heavy atom. The molecule has 0 saturated heterocycles. The fourth-order valence-corrected chi connectivity index (χ4v) is 3.12. The van der Waals surface area contributed by atoms with E-state index in [0.29, 0.717) is 23.0 Å². The molecular weight excluding hydrogens is 220 g/mol. The molecule has 0 bridgehead atoms. The van der Waals surface area contributed by atoms with Gasteiger partial charge in [-0.1, -0.05) is 53.4 Å². The summed E-state index contributed by atoms with van der Waals surface area (Å²) in [4.78, 5) is 12.3. The first-order valence-electron chi connectivity index (χ1n) is 8.01. The minimum atomic E-state index is 0.383. The van der Waals surface area contributed by atoms with E-state index in [0.717, 1.165) is 19.3 Å². The lowest BCUT2D eigenvalue weighted by Gasteiger charge is -2.34. The third kappa shape index (κ3) is 5.12. The zero-order chi connectivity index (χ0) is 13.6. The molecule has 1 atom stereocenters. The lowest BCUT2D eigenvalue weighted by molar-refractivity contribution is -0.125. The van der Waals surface area contributed by atoms with Gasteiger partial charge in [-0.2, -0.15) is 0 Å². The largest absolute Gasteiger partial charge is 0.299 e. The van der Waals surface area contributed by atoms with Crippen LogP contribution >= 0.6 is 0 Å². The van der Waals surface area contributed by atoms with Crippen LogP contribution in [0.25, 0.3) is 0 Å². The Morgan fingerprint density at radius 3 is 2.33 bits per heavy atom. The predicted molar refractivity (Wildman–Crippen MR) is 78.7 cm³/mol. The van der Waals surface area contributed by atoms with Crippen molar-refractivity contribution in [3.8, 4) is 0 Å². The van der Waals surface area contributed by atoms with E-state index >= 15 is 0 Å². The van der Waals surface area contributed by atoms with Crippen LogP contribution in [0, 0.1) is 17.3 Å². The SMILES string of the molecule is CCCCC(CC)CC(=O)C1CCC(C)(C)CC1. The van der Waals surface area contributed by atoms with Gasteiger partial charge in [0.2, 0.25) is 0 Å². The van der Waals surface area contributed by atoms with Crippen molar-refractivity contribution in [2.75, 3.05) is 0 Å². The Balaban J connectivity index is 2.36. The van der Waals surface area contributed by atoms with Crippen LogP contribution in [-0.2, 0) is 4.79 Å². The van der Waals surface area contributed by atoms with Crippen LogP contribution in [0.4, 0.5) is 0 Å². The van der Waals surface area contributed by atoms with E-state index in [1.807, 2.05) is 0 Å². The summed E-state index contributed by atoms with van der Waals surface area (Å²) in [5.41, 5.74) is 0.475. The van der Waals surface area contributed by atoms with Crippen molar-refractivity contribution in [2.24, 2.45) is 17.3 Å². The summed E-state index contributed by atoms with van der Waals surface area (Å²) in [6, 6.07) is 0. The van der Waals surface area contributed by atoms with E-state index in [2.05, 4.69) is 27.7 Å². The molecule has 0 aromatic heterocycles. The quantitative estimate of drug-likeness (QED) is 0.594. The maximum Gasteiger partial charge on any atom is 0.136 e. The van der Waals surface area contributed by atoms with Crippen molar-refractivity contribution in [1.29, 1.82) is 0 Å². The minimum absolute atomic E-state index is 0.383. The summed E-state index contributed by atoms with van der Waals surface area (Å²) in [5, 5.41) is 0. The van der Waals surface area contributed by atoms with Crippen molar-refractivity contribution in [1.82, 2.24) is 0 Å². The van der Waals surface area contributed by atoms with E-state index in [1.165, 1.54) is 38.5 Å². The standard InChI is InChI=1S/C17H32O/c1-5-7-8-14(6-2)13-16(18)15-9-11-17(3,4)12-10-15/h14-15H,5-13H2,1-4H3. The zero-order valence-corrected chi connectivity index (χ0v) is 12.9. The first-order chi connectivity index (χ1) is 8.48. The molecule has 1 nitrogen and oxygen atoms in total. The summed E-state index contributed by atoms with van der Waals surface area (Å²) in [6.07, 6.45) is 10.5. The number of unbranched alkanes of at least 4 members (excludes halogenated alkanes) is 1. The first kappa shape index (κ1) is 15.7. The molecule has 18 heavy (non-hydrogen) atoms. The van der Waals surface area contributed by atoms with Gasteiger partial charge in [0, 0.05) is 12.3 Å². The van der Waals surface area contributed by atoms with Crippen LogP contribution in [0.1, 0.15) is 85.5 Å². The van der Waals surface area contributed by atoms with Crippen LogP contribution < -0.4 is 0 Å². The van der Waals surface area contributed by atoms with Gasteiger partial charge in [-0.25, -0.2) is 0 Å². The van der Waals surface area contributed by atoms with E-state index in [9.17, 15) is 4.79 Å². The lowest BCUT2D eigenvalue weighted by Crippen LogP contribution is -2.27. The number of ketones is 1. The number of carbonyl (C=O) groups excluding carboxylic acids is 1. The maximum absolute atomic E-state index is 12.3. The fourth-order valence-electron chi connectivity index (χ4n) is 3.12. The van der Waals surface area contributed by atoms with E-state index in [4.69, 9.17) is 0 Å². The van der Waals surface area contributed by atoms with Gasteiger partial charge in [-0.05, 0) is 37.0 Å². The van der Waals surface area contributed by atoms with Crippen LogP contribution in [0.3, 0.4) is 0 Å². The molecule has 106 valence electrons. The van der Waals surface area contributed by atoms with Gasteiger partial charge < -0.3 is 0 Å². The average molecular weight is 252 g/mol. The van der Waals surface area contributed by atoms with Gasteiger partial charge in [0.05, 0.1) is 0 Å². The monoisotopic (exact) mass is 252 g/mol. The Kier molecular flexibility index (Phi) is 6.38. The van der Waals surface area contributed by atoms with Crippen molar-refractivity contribution in [3.63, 3.8) is 0 Å². The Hall–Kier alpha value is -0.330. The van der Waals surface area contributed by atoms with E-state index in [1.54, 1.807) is 0 Å². The molecule has 0 aromatic carbocycles. The average Bonchev–Trinajstić information content (AvgIpc) is 2.34. The van der Waals surface area contributed by atoms with Crippen LogP contribution in [0.15, 0.2) is 0 Å². The molecule has 1 aliphatic rings. The van der Waals surface area contributed by atoms with Crippen molar-refractivity contribution >= 4 is 5.78 Å². The molecule has 1 aliphatic carbocycles. The third-order valence-electron chi connectivity index (χ3n) is 4.83. The molecule has 0 spiro atoms. The topological polar surface area (TPSA) is 17.1 Å². The zero-order valence-electron chi connectivity index (χ0n) is 12.9. The fraction of sp³-hybridized carbons (Fsp3) is 0.941. The molecule has 1 heteroatoms. The highest BCUT2D eigenvalue weighted by Gasteiger charge is 2.30. The van der Waals surface area contributed by atoms with Crippen LogP contribution in [0.5, 0.6) is 0 Å². The molecule has 0 heterocycles. The van der Waals surface area contributed by atoms with E-state index < -0.39 is 0 Å². The normalized spacial score (nSPS) is 21.8. The number of hydrogen-bond donors (Lipinski definition) is 0.